The first-order chi connectivity index (χ1) is 13.2. The molecule has 1 aliphatic rings. The van der Waals surface area contributed by atoms with Crippen LogP contribution in [-0.2, 0) is 6.54 Å². The third-order valence-electron chi connectivity index (χ3n) is 4.45. The van der Waals surface area contributed by atoms with Gasteiger partial charge in [0.25, 0.3) is 5.56 Å². The van der Waals surface area contributed by atoms with Crippen LogP contribution in [0.5, 0.6) is 23.0 Å². The van der Waals surface area contributed by atoms with Crippen LogP contribution >= 0.6 is 0 Å². The standard InChI is InChI=1S/C20H20N2O5/c1-24-16-4-3-14(9-17(16)25-2)21-11-13-7-12-8-18-19(27-6-5-26-18)10-15(12)22-20(13)23/h3-4,7-10,21H,5-6,11H2,1-2H3,(H,22,23). The largest absolute Gasteiger partial charge is 0.493 e. The fourth-order valence-electron chi connectivity index (χ4n) is 3.06. The summed E-state index contributed by atoms with van der Waals surface area (Å²) >= 11 is 0. The van der Waals surface area contributed by atoms with Crippen molar-refractivity contribution >= 4 is 16.6 Å². The molecular formula is C20H20N2O5. The zero-order valence-electron chi connectivity index (χ0n) is 15.1. The second kappa shape index (κ2) is 7.11. The first kappa shape index (κ1) is 17.1. The van der Waals surface area contributed by atoms with Crippen LogP contribution in [0.15, 0.2) is 41.2 Å². The number of aromatic amines is 1. The summed E-state index contributed by atoms with van der Waals surface area (Å²) in [6.45, 7) is 1.40. The fourth-order valence-corrected chi connectivity index (χ4v) is 3.06. The molecule has 7 nitrogen and oxygen atoms in total. The summed E-state index contributed by atoms with van der Waals surface area (Å²) < 4.78 is 21.7. The molecule has 0 spiro atoms. The number of anilines is 1. The highest BCUT2D eigenvalue weighted by molar-refractivity contribution is 5.83. The minimum atomic E-state index is -0.146. The molecule has 4 rings (SSSR count). The lowest BCUT2D eigenvalue weighted by Crippen LogP contribution is -2.17. The molecule has 0 amide bonds. The summed E-state index contributed by atoms with van der Waals surface area (Å²) in [6.07, 6.45) is 0. The van der Waals surface area contributed by atoms with Crippen molar-refractivity contribution in [2.75, 3.05) is 32.8 Å². The maximum absolute atomic E-state index is 12.4. The summed E-state index contributed by atoms with van der Waals surface area (Å²) in [7, 11) is 3.18. The molecule has 0 saturated carbocycles. The van der Waals surface area contributed by atoms with Crippen molar-refractivity contribution in [2.45, 2.75) is 6.54 Å². The Hall–Kier alpha value is -3.35. The van der Waals surface area contributed by atoms with E-state index in [1.807, 2.05) is 30.3 Å². The van der Waals surface area contributed by atoms with Crippen molar-refractivity contribution in [1.29, 1.82) is 0 Å². The average Bonchev–Trinajstić information content (AvgIpc) is 2.70. The number of methoxy groups -OCH3 is 2. The zero-order valence-corrected chi connectivity index (χ0v) is 15.1. The maximum atomic E-state index is 12.4. The maximum Gasteiger partial charge on any atom is 0.253 e. The number of H-pyrrole nitrogens is 1. The van der Waals surface area contributed by atoms with Crippen molar-refractivity contribution in [3.8, 4) is 23.0 Å². The van der Waals surface area contributed by atoms with Crippen LogP contribution < -0.4 is 29.8 Å². The molecule has 2 heterocycles. The highest BCUT2D eigenvalue weighted by atomic mass is 16.6. The highest BCUT2D eigenvalue weighted by Gasteiger charge is 2.14. The molecule has 0 aliphatic carbocycles. The molecule has 1 aromatic heterocycles. The Bertz CT molecular complexity index is 1040. The van der Waals surface area contributed by atoms with Gasteiger partial charge in [-0.1, -0.05) is 0 Å². The molecule has 0 saturated heterocycles. The quantitative estimate of drug-likeness (QED) is 0.721. The number of nitrogens with one attached hydrogen (secondary N) is 2. The monoisotopic (exact) mass is 368 g/mol. The summed E-state index contributed by atoms with van der Waals surface area (Å²) in [5, 5.41) is 4.13. The van der Waals surface area contributed by atoms with Crippen LogP contribution in [0.1, 0.15) is 5.56 Å². The van der Waals surface area contributed by atoms with Gasteiger partial charge >= 0.3 is 0 Å². The van der Waals surface area contributed by atoms with E-state index in [0.717, 1.165) is 16.6 Å². The number of aromatic nitrogens is 1. The summed E-state index contributed by atoms with van der Waals surface area (Å²) in [6, 6.07) is 11.1. The van der Waals surface area contributed by atoms with Crippen LogP contribution in [0.2, 0.25) is 0 Å². The number of benzene rings is 2. The summed E-state index contributed by atoms with van der Waals surface area (Å²) in [4.78, 5) is 15.3. The van der Waals surface area contributed by atoms with Crippen LogP contribution in [0.4, 0.5) is 5.69 Å². The molecule has 0 radical (unpaired) electrons. The molecule has 0 unspecified atom stereocenters. The lowest BCUT2D eigenvalue weighted by atomic mass is 10.1. The van der Waals surface area contributed by atoms with Crippen LogP contribution in [-0.4, -0.2) is 32.4 Å². The Morgan fingerprint density at radius 2 is 1.74 bits per heavy atom. The first-order valence-corrected chi connectivity index (χ1v) is 8.59. The van der Waals surface area contributed by atoms with Gasteiger partial charge in [0, 0.05) is 35.3 Å². The van der Waals surface area contributed by atoms with E-state index in [0.29, 0.717) is 48.3 Å². The smallest absolute Gasteiger partial charge is 0.253 e. The predicted molar refractivity (Wildman–Crippen MR) is 102 cm³/mol. The Labute approximate surface area is 155 Å². The second-order valence-corrected chi connectivity index (χ2v) is 6.13. The van der Waals surface area contributed by atoms with E-state index >= 15 is 0 Å². The Morgan fingerprint density at radius 3 is 2.48 bits per heavy atom. The van der Waals surface area contributed by atoms with Crippen molar-refractivity contribution in [3.05, 3.63) is 52.3 Å². The third-order valence-corrected chi connectivity index (χ3v) is 4.45. The lowest BCUT2D eigenvalue weighted by Gasteiger charge is -2.19. The highest BCUT2D eigenvalue weighted by Crippen LogP contribution is 2.34. The SMILES string of the molecule is COc1ccc(NCc2cc3cc4c(cc3[nH]c2=O)OCCO4)cc1OC. The van der Waals surface area contributed by atoms with Gasteiger partial charge < -0.3 is 29.2 Å². The molecular weight excluding hydrogens is 348 g/mol. The predicted octanol–water partition coefficient (Wildman–Crippen LogP) is 2.93. The molecule has 2 aromatic carbocycles. The van der Waals surface area contributed by atoms with Gasteiger partial charge in [0.2, 0.25) is 0 Å². The molecule has 27 heavy (non-hydrogen) atoms. The van der Waals surface area contributed by atoms with Gasteiger partial charge in [0.15, 0.2) is 23.0 Å². The van der Waals surface area contributed by atoms with Gasteiger partial charge in [-0.3, -0.25) is 4.79 Å². The molecule has 0 atom stereocenters. The number of ether oxygens (including phenoxy) is 4. The summed E-state index contributed by atoms with van der Waals surface area (Å²) in [5.41, 5.74) is 2.02. The van der Waals surface area contributed by atoms with Crippen molar-refractivity contribution in [1.82, 2.24) is 4.98 Å². The van der Waals surface area contributed by atoms with E-state index in [9.17, 15) is 4.79 Å². The number of fused-ring (bicyclic) bond motifs is 2. The van der Waals surface area contributed by atoms with Gasteiger partial charge in [-0.05, 0) is 24.3 Å². The van der Waals surface area contributed by atoms with Crippen molar-refractivity contribution < 1.29 is 18.9 Å². The molecule has 0 bridgehead atoms. The number of hydrogen-bond acceptors (Lipinski definition) is 6. The van der Waals surface area contributed by atoms with Gasteiger partial charge in [-0.2, -0.15) is 0 Å². The molecule has 3 aromatic rings. The van der Waals surface area contributed by atoms with Crippen LogP contribution in [0.25, 0.3) is 10.9 Å². The van der Waals surface area contributed by atoms with Gasteiger partial charge in [-0.15, -0.1) is 0 Å². The van der Waals surface area contributed by atoms with Crippen molar-refractivity contribution in [3.63, 3.8) is 0 Å². The van der Waals surface area contributed by atoms with E-state index in [-0.39, 0.29) is 5.56 Å². The first-order valence-electron chi connectivity index (χ1n) is 8.59. The fraction of sp³-hybridized carbons (Fsp3) is 0.250. The molecule has 2 N–H and O–H groups in total. The number of pyridine rings is 1. The average molecular weight is 368 g/mol. The van der Waals surface area contributed by atoms with E-state index in [1.54, 1.807) is 20.3 Å². The number of hydrogen-bond donors (Lipinski definition) is 2. The van der Waals surface area contributed by atoms with Gasteiger partial charge in [0.05, 0.1) is 19.7 Å². The lowest BCUT2D eigenvalue weighted by molar-refractivity contribution is 0.172. The van der Waals surface area contributed by atoms with E-state index < -0.39 is 0 Å². The van der Waals surface area contributed by atoms with E-state index in [2.05, 4.69) is 10.3 Å². The summed E-state index contributed by atoms with van der Waals surface area (Å²) in [5.74, 6) is 2.62. The van der Waals surface area contributed by atoms with Gasteiger partial charge in [-0.25, -0.2) is 0 Å². The second-order valence-electron chi connectivity index (χ2n) is 6.13. The third kappa shape index (κ3) is 3.36. The van der Waals surface area contributed by atoms with Crippen LogP contribution in [0, 0.1) is 0 Å². The Balaban J connectivity index is 1.60. The Morgan fingerprint density at radius 1 is 1.00 bits per heavy atom. The molecule has 7 heteroatoms. The van der Waals surface area contributed by atoms with E-state index in [4.69, 9.17) is 18.9 Å². The minimum Gasteiger partial charge on any atom is -0.493 e. The number of rotatable bonds is 5. The topological polar surface area (TPSA) is 81.8 Å². The molecule has 1 aliphatic heterocycles. The molecule has 0 fully saturated rings. The minimum absolute atomic E-state index is 0.146. The van der Waals surface area contributed by atoms with Crippen LogP contribution in [0.3, 0.4) is 0 Å². The molecule has 140 valence electrons. The van der Waals surface area contributed by atoms with Crippen molar-refractivity contribution in [2.24, 2.45) is 0 Å². The normalized spacial score (nSPS) is 12.7. The zero-order chi connectivity index (χ0) is 18.8. The van der Waals surface area contributed by atoms with E-state index in [1.165, 1.54) is 0 Å². The Kier molecular flexibility index (Phi) is 4.50. The van der Waals surface area contributed by atoms with Gasteiger partial charge in [0.1, 0.15) is 13.2 Å².